The number of carbonyl (C=O) groups is 1. The molecule has 2 aliphatic heterocycles. The number of benzene rings is 1. The number of hydrogen-bond acceptors (Lipinski definition) is 3. The number of carbonyl (C=O) groups excluding carboxylic acids is 1. The summed E-state index contributed by atoms with van der Waals surface area (Å²) in [6.45, 7) is 0. The lowest BCUT2D eigenvalue weighted by molar-refractivity contribution is -0.188. The maximum atomic E-state index is 10.8. The molecule has 1 aromatic carbocycles. The van der Waals surface area contributed by atoms with Crippen LogP contribution in [0.3, 0.4) is 0 Å². The van der Waals surface area contributed by atoms with Crippen LogP contribution in [0.2, 0.25) is 0 Å². The van der Waals surface area contributed by atoms with Crippen LogP contribution in [0.4, 0.5) is 0 Å². The Kier molecular flexibility index (Phi) is 0.909. The predicted molar refractivity (Wildman–Crippen MR) is 39.7 cm³/mol. The van der Waals surface area contributed by atoms with E-state index in [-0.39, 0.29) is 18.2 Å². The van der Waals surface area contributed by atoms with Crippen LogP contribution in [0.1, 0.15) is 11.7 Å². The summed E-state index contributed by atoms with van der Waals surface area (Å²) < 4.78 is 10.3. The van der Waals surface area contributed by atoms with Gasteiger partial charge < -0.3 is 9.47 Å². The topological polar surface area (TPSA) is 35.5 Å². The van der Waals surface area contributed by atoms with Gasteiger partial charge in [-0.15, -0.1) is 0 Å². The largest absolute Gasteiger partial charge is 0.474 e. The number of hydrogen-bond donors (Lipinski definition) is 0. The van der Waals surface area contributed by atoms with Crippen molar-refractivity contribution in [1.82, 2.24) is 0 Å². The molecule has 2 unspecified atom stereocenters. The normalized spacial score (nSPS) is 29.5. The third-order valence-corrected chi connectivity index (χ3v) is 2.23. The monoisotopic (exact) mass is 162 g/mol. The quantitative estimate of drug-likeness (QED) is 0.535. The van der Waals surface area contributed by atoms with E-state index in [1.54, 1.807) is 0 Å². The first-order valence-electron chi connectivity index (χ1n) is 3.82. The Hall–Kier alpha value is -1.51. The van der Waals surface area contributed by atoms with Gasteiger partial charge in [-0.2, -0.15) is 0 Å². The third kappa shape index (κ3) is 0.548. The predicted octanol–water partition coefficient (Wildman–Crippen LogP) is 1.05. The highest BCUT2D eigenvalue weighted by Crippen LogP contribution is 2.44. The highest BCUT2D eigenvalue weighted by molar-refractivity contribution is 5.83. The highest BCUT2D eigenvalue weighted by Gasteiger charge is 2.51. The Morgan fingerprint density at radius 3 is 2.75 bits per heavy atom. The maximum Gasteiger partial charge on any atom is 0.352 e. The molecule has 60 valence electrons. The number of rotatable bonds is 0. The summed E-state index contributed by atoms with van der Waals surface area (Å²) >= 11 is 0. The molecule has 1 saturated heterocycles. The van der Waals surface area contributed by atoms with Crippen molar-refractivity contribution in [3.63, 3.8) is 0 Å². The van der Waals surface area contributed by atoms with Crippen molar-refractivity contribution in [2.24, 2.45) is 0 Å². The lowest BCUT2D eigenvalue weighted by Crippen LogP contribution is -2.43. The van der Waals surface area contributed by atoms with Crippen LogP contribution in [0.25, 0.3) is 0 Å². The van der Waals surface area contributed by atoms with Gasteiger partial charge in [-0.05, 0) is 6.07 Å². The fourth-order valence-corrected chi connectivity index (χ4v) is 1.60. The fourth-order valence-electron chi connectivity index (χ4n) is 1.60. The van der Waals surface area contributed by atoms with Gasteiger partial charge in [-0.3, -0.25) is 0 Å². The summed E-state index contributed by atoms with van der Waals surface area (Å²) in [5.74, 6) is 0.523. The summed E-state index contributed by atoms with van der Waals surface area (Å²) in [4.78, 5) is 10.8. The highest BCUT2D eigenvalue weighted by atomic mass is 16.6. The molecule has 1 fully saturated rings. The fraction of sp³-hybridized carbons (Fsp3) is 0.222. The van der Waals surface area contributed by atoms with Gasteiger partial charge in [0, 0.05) is 5.56 Å². The minimum atomic E-state index is -0.373. The van der Waals surface area contributed by atoms with Crippen molar-refractivity contribution in [1.29, 1.82) is 0 Å². The summed E-state index contributed by atoms with van der Waals surface area (Å²) in [5, 5.41) is 0. The molecule has 0 spiro atoms. The third-order valence-electron chi connectivity index (χ3n) is 2.23. The van der Waals surface area contributed by atoms with Crippen molar-refractivity contribution in [3.8, 4) is 5.75 Å². The second-order valence-electron chi connectivity index (χ2n) is 2.93. The Morgan fingerprint density at radius 1 is 1.08 bits per heavy atom. The van der Waals surface area contributed by atoms with E-state index in [1.165, 1.54) is 0 Å². The molecule has 3 heteroatoms. The first-order valence-corrected chi connectivity index (χ1v) is 3.82. The number of para-hydroxylation sites is 1. The van der Waals surface area contributed by atoms with Gasteiger partial charge >= 0.3 is 5.97 Å². The summed E-state index contributed by atoms with van der Waals surface area (Å²) in [6, 6.07) is 7.57. The second kappa shape index (κ2) is 1.80. The minimum absolute atomic E-state index is 0.145. The average Bonchev–Trinajstić information content (AvgIpc) is 2.39. The van der Waals surface area contributed by atoms with Crippen LogP contribution in [0.15, 0.2) is 24.3 Å². The van der Waals surface area contributed by atoms with Crippen molar-refractivity contribution >= 4 is 5.97 Å². The Morgan fingerprint density at radius 2 is 1.92 bits per heavy atom. The standard InChI is InChI=1S/C9H6O3/c10-9-8-7(12-9)5-3-1-2-4-6(5)11-8/h1-4,7-8H. The van der Waals surface area contributed by atoms with Gasteiger partial charge in [0.1, 0.15) is 5.75 Å². The zero-order valence-corrected chi connectivity index (χ0v) is 6.19. The van der Waals surface area contributed by atoms with Crippen LogP contribution in [0, 0.1) is 0 Å². The SMILES string of the molecule is O=C1OC2c3ccccc3OC12. The number of fused-ring (bicyclic) bond motifs is 3. The molecule has 3 nitrogen and oxygen atoms in total. The van der Waals surface area contributed by atoms with E-state index in [2.05, 4.69) is 0 Å². The van der Waals surface area contributed by atoms with Gasteiger partial charge in [-0.25, -0.2) is 4.79 Å². The Bertz CT molecular complexity index is 359. The summed E-state index contributed by atoms with van der Waals surface area (Å²) in [7, 11) is 0. The molecule has 3 rings (SSSR count). The van der Waals surface area contributed by atoms with E-state index >= 15 is 0 Å². The molecule has 2 aliphatic rings. The molecular formula is C9H6O3. The molecule has 2 heterocycles. The molecular weight excluding hydrogens is 156 g/mol. The van der Waals surface area contributed by atoms with Crippen LogP contribution in [0.5, 0.6) is 5.75 Å². The number of ether oxygens (including phenoxy) is 2. The zero-order valence-electron chi connectivity index (χ0n) is 6.19. The first-order chi connectivity index (χ1) is 5.86. The molecule has 0 bridgehead atoms. The zero-order chi connectivity index (χ0) is 8.13. The van der Waals surface area contributed by atoms with Gasteiger partial charge in [-0.1, -0.05) is 18.2 Å². The summed E-state index contributed by atoms with van der Waals surface area (Å²) in [5.41, 5.74) is 0.988. The first kappa shape index (κ1) is 6.06. The van der Waals surface area contributed by atoms with Gasteiger partial charge in [0.15, 0.2) is 6.10 Å². The summed E-state index contributed by atoms with van der Waals surface area (Å²) in [6.07, 6.45) is -0.518. The molecule has 0 saturated carbocycles. The van der Waals surface area contributed by atoms with Crippen LogP contribution in [-0.4, -0.2) is 12.1 Å². The van der Waals surface area contributed by atoms with Gasteiger partial charge in [0.2, 0.25) is 6.10 Å². The molecule has 0 radical (unpaired) electrons. The molecule has 12 heavy (non-hydrogen) atoms. The second-order valence-corrected chi connectivity index (χ2v) is 2.93. The van der Waals surface area contributed by atoms with Gasteiger partial charge in [0.05, 0.1) is 0 Å². The van der Waals surface area contributed by atoms with E-state index in [0.29, 0.717) is 0 Å². The molecule has 2 atom stereocenters. The van der Waals surface area contributed by atoms with E-state index in [1.807, 2.05) is 24.3 Å². The lowest BCUT2D eigenvalue weighted by Gasteiger charge is -2.27. The van der Waals surface area contributed by atoms with E-state index < -0.39 is 0 Å². The van der Waals surface area contributed by atoms with Crippen LogP contribution in [-0.2, 0) is 9.53 Å². The molecule has 0 aromatic heterocycles. The Labute approximate surface area is 68.9 Å². The molecule has 0 N–H and O–H groups in total. The van der Waals surface area contributed by atoms with E-state index in [4.69, 9.17) is 9.47 Å². The smallest absolute Gasteiger partial charge is 0.352 e. The maximum absolute atomic E-state index is 10.8. The van der Waals surface area contributed by atoms with Crippen molar-refractivity contribution < 1.29 is 14.3 Å². The van der Waals surface area contributed by atoms with E-state index in [9.17, 15) is 4.79 Å². The minimum Gasteiger partial charge on any atom is -0.474 e. The van der Waals surface area contributed by atoms with Crippen LogP contribution < -0.4 is 4.74 Å². The van der Waals surface area contributed by atoms with Crippen molar-refractivity contribution in [2.75, 3.05) is 0 Å². The number of esters is 1. The Balaban J connectivity index is 2.10. The average molecular weight is 162 g/mol. The van der Waals surface area contributed by atoms with Crippen molar-refractivity contribution in [2.45, 2.75) is 12.2 Å². The van der Waals surface area contributed by atoms with E-state index in [0.717, 1.165) is 11.3 Å². The molecule has 1 aromatic rings. The molecule has 0 amide bonds. The van der Waals surface area contributed by atoms with Crippen LogP contribution >= 0.6 is 0 Å². The van der Waals surface area contributed by atoms with Crippen molar-refractivity contribution in [3.05, 3.63) is 29.8 Å². The van der Waals surface area contributed by atoms with Gasteiger partial charge in [0.25, 0.3) is 0 Å². The lowest BCUT2D eigenvalue weighted by atomic mass is 10.0. The molecule has 0 aliphatic carbocycles.